The van der Waals surface area contributed by atoms with Gasteiger partial charge in [0.1, 0.15) is 0 Å². The molecular weight excluding hydrogens is 354 g/mol. The molecule has 0 fully saturated rings. The third-order valence-corrected chi connectivity index (χ3v) is 3.91. The molecule has 2 aromatic carbocycles. The number of benzene rings is 2. The molecule has 27 heavy (non-hydrogen) atoms. The number of nitrogens with zero attached hydrogens (tertiary/aromatic N) is 5. The quantitative estimate of drug-likeness (QED) is 0.542. The first-order chi connectivity index (χ1) is 13.1. The Labute approximate surface area is 152 Å². The average Bonchev–Trinajstić information content (AvgIpc) is 3.33. The zero-order valence-corrected chi connectivity index (χ0v) is 14.0. The second-order valence-electron chi connectivity index (χ2n) is 5.87. The van der Waals surface area contributed by atoms with Gasteiger partial charge in [-0.15, -0.1) is 15.3 Å². The van der Waals surface area contributed by atoms with Crippen LogP contribution in [0.15, 0.2) is 59.1 Å². The summed E-state index contributed by atoms with van der Waals surface area (Å²) in [5.74, 6) is -0.625. The number of anilines is 1. The molecule has 0 spiro atoms. The Morgan fingerprint density at radius 3 is 2.37 bits per heavy atom. The number of rotatable bonds is 5. The molecule has 0 saturated heterocycles. The molecule has 0 bridgehead atoms. The Kier molecular flexibility index (Phi) is 4.33. The molecular formula is C18H14F2N6O. The summed E-state index contributed by atoms with van der Waals surface area (Å²) in [7, 11) is 0. The van der Waals surface area contributed by atoms with Gasteiger partial charge in [-0.1, -0.05) is 17.3 Å². The summed E-state index contributed by atoms with van der Waals surface area (Å²) >= 11 is 0. The first-order valence-electron chi connectivity index (χ1n) is 8.06. The predicted octanol–water partition coefficient (Wildman–Crippen LogP) is 3.43. The van der Waals surface area contributed by atoms with Crippen LogP contribution in [0.3, 0.4) is 0 Å². The molecule has 0 unspecified atom stereocenters. The van der Waals surface area contributed by atoms with Crippen LogP contribution in [0.2, 0.25) is 0 Å². The van der Waals surface area contributed by atoms with Crippen LogP contribution in [0.1, 0.15) is 23.6 Å². The first-order valence-corrected chi connectivity index (χ1v) is 8.06. The first kappa shape index (κ1) is 16.8. The van der Waals surface area contributed by atoms with Gasteiger partial charge in [-0.05, 0) is 42.0 Å². The van der Waals surface area contributed by atoms with Gasteiger partial charge in [-0.3, -0.25) is 0 Å². The average molecular weight is 368 g/mol. The smallest absolute Gasteiger partial charge is 0.314 e. The molecule has 2 heterocycles. The van der Waals surface area contributed by atoms with Crippen molar-refractivity contribution in [2.45, 2.75) is 12.8 Å². The van der Waals surface area contributed by atoms with Crippen LogP contribution in [0.25, 0.3) is 17.1 Å². The van der Waals surface area contributed by atoms with Crippen molar-refractivity contribution < 1.29 is 13.2 Å². The standard InChI is InChI=1S/C18H14F2N6O/c19-16(20)18-24-23-17(27-18)12-3-1-11(2-4-12)9-14-10-26(25-22-14)15-7-5-13(21)6-8-15/h1-8,10,16H,9,21H2. The van der Waals surface area contributed by atoms with E-state index in [2.05, 4.69) is 20.5 Å². The summed E-state index contributed by atoms with van der Waals surface area (Å²) < 4.78 is 31.7. The Morgan fingerprint density at radius 2 is 1.70 bits per heavy atom. The summed E-state index contributed by atoms with van der Waals surface area (Å²) in [5, 5.41) is 15.2. The maximum Gasteiger partial charge on any atom is 0.314 e. The molecule has 2 aromatic heterocycles. The van der Waals surface area contributed by atoms with Crippen LogP contribution in [-0.4, -0.2) is 25.2 Å². The van der Waals surface area contributed by atoms with Crippen molar-refractivity contribution in [1.29, 1.82) is 0 Å². The lowest BCUT2D eigenvalue weighted by molar-refractivity contribution is 0.116. The van der Waals surface area contributed by atoms with Crippen LogP contribution >= 0.6 is 0 Å². The fraction of sp³-hybridized carbons (Fsp3) is 0.111. The fourth-order valence-electron chi connectivity index (χ4n) is 2.55. The molecule has 4 aromatic rings. The highest BCUT2D eigenvalue weighted by atomic mass is 19.3. The minimum atomic E-state index is -2.78. The number of nitrogens with two attached hydrogens (primary N) is 1. The third kappa shape index (κ3) is 3.66. The number of hydrogen-bond acceptors (Lipinski definition) is 6. The number of hydrogen-bond donors (Lipinski definition) is 1. The predicted molar refractivity (Wildman–Crippen MR) is 93.3 cm³/mol. The molecule has 0 amide bonds. The summed E-state index contributed by atoms with van der Waals surface area (Å²) in [6.07, 6.45) is -0.373. The van der Waals surface area contributed by atoms with E-state index in [1.54, 1.807) is 28.9 Å². The zero-order valence-electron chi connectivity index (χ0n) is 14.0. The second-order valence-corrected chi connectivity index (χ2v) is 5.87. The molecule has 0 saturated carbocycles. The second kappa shape index (κ2) is 6.94. The molecule has 0 aliphatic carbocycles. The van der Waals surface area contributed by atoms with Crippen molar-refractivity contribution in [3.63, 3.8) is 0 Å². The summed E-state index contributed by atoms with van der Waals surface area (Å²) in [6.45, 7) is 0. The highest BCUT2D eigenvalue weighted by Crippen LogP contribution is 2.23. The number of nitrogen functional groups attached to an aromatic ring is 1. The summed E-state index contributed by atoms with van der Waals surface area (Å²) in [4.78, 5) is 0. The maximum absolute atomic E-state index is 12.5. The van der Waals surface area contributed by atoms with Gasteiger partial charge in [0.25, 0.3) is 5.89 Å². The summed E-state index contributed by atoms with van der Waals surface area (Å²) in [5.41, 5.74) is 9.58. The molecule has 9 heteroatoms. The van der Waals surface area contributed by atoms with Crippen molar-refractivity contribution in [2.24, 2.45) is 0 Å². The normalized spacial score (nSPS) is 11.2. The van der Waals surface area contributed by atoms with Gasteiger partial charge in [0, 0.05) is 17.7 Å². The topological polar surface area (TPSA) is 95.7 Å². The van der Waals surface area contributed by atoms with E-state index in [9.17, 15) is 8.78 Å². The van der Waals surface area contributed by atoms with Gasteiger partial charge < -0.3 is 10.2 Å². The highest BCUT2D eigenvalue weighted by molar-refractivity contribution is 5.53. The molecule has 0 aliphatic rings. The Hall–Kier alpha value is -3.62. The van der Waals surface area contributed by atoms with Crippen LogP contribution in [0, 0.1) is 0 Å². The molecule has 2 N–H and O–H groups in total. The lowest BCUT2D eigenvalue weighted by Gasteiger charge is -2.00. The number of halogens is 2. The lowest BCUT2D eigenvalue weighted by Crippen LogP contribution is -1.95. The minimum Gasteiger partial charge on any atom is -0.415 e. The Balaban J connectivity index is 1.48. The van der Waals surface area contributed by atoms with Gasteiger partial charge in [-0.2, -0.15) is 8.78 Å². The SMILES string of the molecule is Nc1ccc(-n2cc(Cc3ccc(-c4nnc(C(F)F)o4)cc3)nn2)cc1. The van der Waals surface area contributed by atoms with Gasteiger partial charge >= 0.3 is 6.43 Å². The van der Waals surface area contributed by atoms with Gasteiger partial charge in [0.15, 0.2) is 0 Å². The van der Waals surface area contributed by atoms with Crippen LogP contribution < -0.4 is 5.73 Å². The van der Waals surface area contributed by atoms with Crippen molar-refractivity contribution in [3.8, 4) is 17.1 Å². The van der Waals surface area contributed by atoms with Crippen LogP contribution in [-0.2, 0) is 6.42 Å². The third-order valence-electron chi connectivity index (χ3n) is 3.91. The van der Waals surface area contributed by atoms with Crippen molar-refractivity contribution in [1.82, 2.24) is 25.2 Å². The van der Waals surface area contributed by atoms with E-state index in [1.165, 1.54) is 0 Å². The van der Waals surface area contributed by atoms with E-state index in [-0.39, 0.29) is 5.89 Å². The number of alkyl halides is 2. The van der Waals surface area contributed by atoms with Gasteiger partial charge in [0.2, 0.25) is 5.89 Å². The van der Waals surface area contributed by atoms with E-state index in [0.717, 1.165) is 16.9 Å². The lowest BCUT2D eigenvalue weighted by atomic mass is 10.1. The van der Waals surface area contributed by atoms with Gasteiger partial charge in [0.05, 0.1) is 17.6 Å². The number of aromatic nitrogens is 5. The fourth-order valence-corrected chi connectivity index (χ4v) is 2.55. The van der Waals surface area contributed by atoms with E-state index in [0.29, 0.717) is 17.7 Å². The largest absolute Gasteiger partial charge is 0.415 e. The van der Waals surface area contributed by atoms with E-state index in [4.69, 9.17) is 10.2 Å². The zero-order chi connectivity index (χ0) is 18.8. The van der Waals surface area contributed by atoms with Crippen molar-refractivity contribution in [2.75, 3.05) is 5.73 Å². The Morgan fingerprint density at radius 1 is 0.963 bits per heavy atom. The van der Waals surface area contributed by atoms with Crippen LogP contribution in [0.4, 0.5) is 14.5 Å². The molecule has 0 radical (unpaired) electrons. The summed E-state index contributed by atoms with van der Waals surface area (Å²) in [6, 6.07) is 14.5. The van der Waals surface area contributed by atoms with E-state index in [1.807, 2.05) is 30.5 Å². The van der Waals surface area contributed by atoms with Crippen molar-refractivity contribution >= 4 is 5.69 Å². The van der Waals surface area contributed by atoms with Crippen molar-refractivity contribution in [3.05, 3.63) is 71.9 Å². The minimum absolute atomic E-state index is 0.0612. The maximum atomic E-state index is 12.5. The molecule has 0 atom stereocenters. The highest BCUT2D eigenvalue weighted by Gasteiger charge is 2.16. The Bertz CT molecular complexity index is 1040. The van der Waals surface area contributed by atoms with E-state index < -0.39 is 12.3 Å². The monoisotopic (exact) mass is 368 g/mol. The van der Waals surface area contributed by atoms with Gasteiger partial charge in [-0.25, -0.2) is 4.68 Å². The molecule has 4 rings (SSSR count). The van der Waals surface area contributed by atoms with E-state index >= 15 is 0 Å². The molecule has 0 aliphatic heterocycles. The van der Waals surface area contributed by atoms with Crippen LogP contribution in [0.5, 0.6) is 0 Å². The molecule has 7 nitrogen and oxygen atoms in total. The molecule has 136 valence electrons.